The van der Waals surface area contributed by atoms with E-state index in [0.29, 0.717) is 11.6 Å². The maximum absolute atomic E-state index is 12.6. The summed E-state index contributed by atoms with van der Waals surface area (Å²) in [7, 11) is 0. The Morgan fingerprint density at radius 3 is 2.86 bits per heavy atom. The molecular formula is C9H7FN4. The summed E-state index contributed by atoms with van der Waals surface area (Å²) in [5, 5.41) is 3.94. The zero-order valence-electron chi connectivity index (χ0n) is 7.26. The van der Waals surface area contributed by atoms with Gasteiger partial charge >= 0.3 is 0 Å². The van der Waals surface area contributed by atoms with Gasteiger partial charge in [0.2, 0.25) is 0 Å². The van der Waals surface area contributed by atoms with E-state index in [9.17, 15) is 4.39 Å². The molecule has 0 aliphatic rings. The molecule has 5 heteroatoms. The summed E-state index contributed by atoms with van der Waals surface area (Å²) in [5.74, 6) is 0.705. The zero-order chi connectivity index (χ0) is 9.97. The molecule has 2 aromatic rings. The van der Waals surface area contributed by atoms with Gasteiger partial charge in [0.15, 0.2) is 11.6 Å². The molecule has 0 aromatic carbocycles. The lowest BCUT2D eigenvalue weighted by molar-refractivity contribution is 0.619. The van der Waals surface area contributed by atoms with Crippen LogP contribution >= 0.6 is 0 Å². The number of hydrogen-bond donors (Lipinski definition) is 0. The molecule has 2 aromatic heterocycles. The molecule has 0 aliphatic heterocycles. The molecule has 14 heavy (non-hydrogen) atoms. The van der Waals surface area contributed by atoms with Gasteiger partial charge in [0.1, 0.15) is 12.1 Å². The van der Waals surface area contributed by atoms with E-state index in [2.05, 4.69) is 21.6 Å². The smallest absolute Gasteiger partial charge is 0.157 e. The first-order valence-electron chi connectivity index (χ1n) is 3.95. The lowest BCUT2D eigenvalue weighted by Crippen LogP contribution is -2.01. The first kappa shape index (κ1) is 8.55. The van der Waals surface area contributed by atoms with Gasteiger partial charge in [-0.15, -0.1) is 0 Å². The minimum atomic E-state index is -0.381. The molecule has 0 aliphatic carbocycles. The highest BCUT2D eigenvalue weighted by Gasteiger charge is 2.03. The first-order valence-corrected chi connectivity index (χ1v) is 3.95. The molecule has 0 unspecified atom stereocenters. The van der Waals surface area contributed by atoms with Gasteiger partial charge in [0.25, 0.3) is 0 Å². The quantitative estimate of drug-likeness (QED) is 0.719. The summed E-state index contributed by atoms with van der Waals surface area (Å²) in [6.45, 7) is 3.58. The Kier molecular flexibility index (Phi) is 2.06. The summed E-state index contributed by atoms with van der Waals surface area (Å²) in [5.41, 5.74) is 0. The molecule has 0 bridgehead atoms. The second-order valence-electron chi connectivity index (χ2n) is 2.57. The molecule has 0 N–H and O–H groups in total. The summed E-state index contributed by atoms with van der Waals surface area (Å²) < 4.78 is 14.1. The van der Waals surface area contributed by atoms with Crippen LogP contribution in [0.25, 0.3) is 11.9 Å². The Labute approximate surface area is 79.7 Å². The maximum atomic E-state index is 12.6. The van der Waals surface area contributed by atoms with Crippen LogP contribution in [0, 0.1) is 5.82 Å². The van der Waals surface area contributed by atoms with Gasteiger partial charge in [-0.25, -0.2) is 14.4 Å². The van der Waals surface area contributed by atoms with Crippen molar-refractivity contribution in [2.45, 2.75) is 0 Å². The summed E-state index contributed by atoms with van der Waals surface area (Å²) in [6.07, 6.45) is 4.07. The first-order chi connectivity index (χ1) is 6.81. The summed E-state index contributed by atoms with van der Waals surface area (Å²) >= 11 is 0. The monoisotopic (exact) mass is 190 g/mol. The van der Waals surface area contributed by atoms with E-state index >= 15 is 0 Å². The van der Waals surface area contributed by atoms with E-state index in [4.69, 9.17) is 0 Å². The molecule has 0 fully saturated rings. The summed E-state index contributed by atoms with van der Waals surface area (Å²) in [6, 6.07) is 2.84. The second-order valence-corrected chi connectivity index (χ2v) is 2.57. The average molecular weight is 190 g/mol. The molecule has 0 saturated carbocycles. The molecule has 0 atom stereocenters. The highest BCUT2D eigenvalue weighted by atomic mass is 19.1. The standard InChI is InChI=1S/C9H7FN4/c1-2-8-12-6-13-14(8)9-4-3-7(10)5-11-9/h2-6H,1H2. The Morgan fingerprint density at radius 1 is 1.36 bits per heavy atom. The molecule has 0 spiro atoms. The number of nitrogens with zero attached hydrogens (tertiary/aromatic N) is 4. The van der Waals surface area contributed by atoms with E-state index in [-0.39, 0.29) is 5.82 Å². The van der Waals surface area contributed by atoms with Crippen molar-refractivity contribution in [3.8, 4) is 5.82 Å². The largest absolute Gasteiger partial charge is 0.234 e. The van der Waals surface area contributed by atoms with Crippen molar-refractivity contribution in [2.75, 3.05) is 0 Å². The Hall–Kier alpha value is -2.04. The van der Waals surface area contributed by atoms with Gasteiger partial charge in [-0.3, -0.25) is 0 Å². The van der Waals surface area contributed by atoms with Crippen molar-refractivity contribution in [1.82, 2.24) is 19.7 Å². The molecule has 0 saturated heterocycles. The van der Waals surface area contributed by atoms with Gasteiger partial charge in [0.05, 0.1) is 6.20 Å². The van der Waals surface area contributed by atoms with Crippen molar-refractivity contribution >= 4 is 6.08 Å². The third-order valence-corrected chi connectivity index (χ3v) is 1.69. The Balaban J connectivity index is 2.49. The van der Waals surface area contributed by atoms with Crippen LogP contribution in [0.3, 0.4) is 0 Å². The van der Waals surface area contributed by atoms with Crippen molar-refractivity contribution in [3.63, 3.8) is 0 Å². The topological polar surface area (TPSA) is 43.6 Å². The van der Waals surface area contributed by atoms with Gasteiger partial charge in [-0.05, 0) is 18.2 Å². The Bertz CT molecular complexity index is 446. The third kappa shape index (κ3) is 1.39. The fraction of sp³-hybridized carbons (Fsp3) is 0. The van der Waals surface area contributed by atoms with Crippen molar-refractivity contribution in [2.24, 2.45) is 0 Å². The number of aromatic nitrogens is 4. The molecule has 0 amide bonds. The molecule has 2 heterocycles. The summed E-state index contributed by atoms with van der Waals surface area (Å²) in [4.78, 5) is 7.80. The zero-order valence-corrected chi connectivity index (χ0v) is 7.26. The van der Waals surface area contributed by atoms with Crippen molar-refractivity contribution in [1.29, 1.82) is 0 Å². The lowest BCUT2D eigenvalue weighted by atomic mass is 10.4. The van der Waals surface area contributed by atoms with Crippen LogP contribution in [0.15, 0.2) is 31.2 Å². The van der Waals surface area contributed by atoms with Gasteiger partial charge in [-0.2, -0.15) is 9.78 Å². The fourth-order valence-corrected chi connectivity index (χ4v) is 1.06. The van der Waals surface area contributed by atoms with Crippen LogP contribution in [0.4, 0.5) is 4.39 Å². The van der Waals surface area contributed by atoms with Crippen LogP contribution in [0.5, 0.6) is 0 Å². The fourth-order valence-electron chi connectivity index (χ4n) is 1.06. The van der Waals surface area contributed by atoms with Crippen molar-refractivity contribution in [3.05, 3.63) is 42.9 Å². The number of halogens is 1. The predicted octanol–water partition coefficient (Wildman–Crippen LogP) is 1.44. The van der Waals surface area contributed by atoms with Crippen molar-refractivity contribution < 1.29 is 4.39 Å². The van der Waals surface area contributed by atoms with E-state index < -0.39 is 0 Å². The van der Waals surface area contributed by atoms with Crippen LogP contribution < -0.4 is 0 Å². The predicted molar refractivity (Wildman–Crippen MR) is 49.2 cm³/mol. The second kappa shape index (κ2) is 3.37. The van der Waals surface area contributed by atoms with Gasteiger partial charge in [-0.1, -0.05) is 6.58 Å². The number of pyridine rings is 1. The highest BCUT2D eigenvalue weighted by molar-refractivity contribution is 5.39. The van der Waals surface area contributed by atoms with E-state index in [1.807, 2.05) is 0 Å². The maximum Gasteiger partial charge on any atom is 0.157 e. The van der Waals surface area contributed by atoms with E-state index in [1.54, 1.807) is 6.08 Å². The van der Waals surface area contributed by atoms with Crippen LogP contribution in [-0.2, 0) is 0 Å². The van der Waals surface area contributed by atoms with Crippen LogP contribution in [0.1, 0.15) is 5.82 Å². The third-order valence-electron chi connectivity index (χ3n) is 1.69. The van der Waals surface area contributed by atoms with Gasteiger partial charge < -0.3 is 0 Å². The molecule has 70 valence electrons. The highest BCUT2D eigenvalue weighted by Crippen LogP contribution is 2.06. The van der Waals surface area contributed by atoms with Crippen LogP contribution in [-0.4, -0.2) is 19.7 Å². The normalized spacial score (nSPS) is 10.1. The number of rotatable bonds is 2. The minimum absolute atomic E-state index is 0.381. The number of hydrogen-bond acceptors (Lipinski definition) is 3. The SMILES string of the molecule is C=Cc1ncnn1-c1ccc(F)cn1. The molecule has 4 nitrogen and oxygen atoms in total. The van der Waals surface area contributed by atoms with Crippen LogP contribution in [0.2, 0.25) is 0 Å². The van der Waals surface area contributed by atoms with Gasteiger partial charge in [0, 0.05) is 0 Å². The van der Waals surface area contributed by atoms with E-state index in [1.165, 1.54) is 23.1 Å². The molecule has 0 radical (unpaired) electrons. The van der Waals surface area contributed by atoms with E-state index in [0.717, 1.165) is 6.20 Å². The minimum Gasteiger partial charge on any atom is -0.234 e. The average Bonchev–Trinajstić information content (AvgIpc) is 2.67. The lowest BCUT2D eigenvalue weighted by Gasteiger charge is -2.00. The molecule has 2 rings (SSSR count). The Morgan fingerprint density at radius 2 is 2.21 bits per heavy atom. The molecular weight excluding hydrogens is 183 g/mol.